The molecule has 1 saturated heterocycles. The molecule has 112 valence electrons. The molecule has 1 aromatic carbocycles. The Balaban J connectivity index is 1.65. The molecule has 1 aliphatic heterocycles. The van der Waals surface area contributed by atoms with Gasteiger partial charge in [-0.15, -0.1) is 0 Å². The first-order valence-electron chi connectivity index (χ1n) is 7.39. The van der Waals surface area contributed by atoms with Crippen molar-refractivity contribution in [3.8, 4) is 6.07 Å². The lowest BCUT2D eigenvalue weighted by molar-refractivity contribution is 0.932. The van der Waals surface area contributed by atoms with Crippen LogP contribution < -0.4 is 10.2 Å². The molecule has 2 heterocycles. The highest BCUT2D eigenvalue weighted by Gasteiger charge is 2.12. The molecule has 5 heteroatoms. The van der Waals surface area contributed by atoms with Gasteiger partial charge < -0.3 is 10.2 Å². The molecule has 0 bridgehead atoms. The van der Waals surface area contributed by atoms with E-state index < -0.39 is 0 Å². The molecule has 0 aliphatic carbocycles. The highest BCUT2D eigenvalue weighted by molar-refractivity contribution is 6.30. The fraction of sp³-hybridized carbons (Fsp3) is 0.294. The summed E-state index contributed by atoms with van der Waals surface area (Å²) < 4.78 is 0. The van der Waals surface area contributed by atoms with Crippen LogP contribution in [0.15, 0.2) is 36.5 Å². The Labute approximate surface area is 135 Å². The zero-order chi connectivity index (χ0) is 15.4. The second kappa shape index (κ2) is 6.67. The van der Waals surface area contributed by atoms with Crippen LogP contribution in [-0.4, -0.2) is 18.1 Å². The van der Waals surface area contributed by atoms with Crippen LogP contribution in [0.2, 0.25) is 5.02 Å². The van der Waals surface area contributed by atoms with Crippen LogP contribution in [-0.2, 0) is 6.54 Å². The molecule has 22 heavy (non-hydrogen) atoms. The highest BCUT2D eigenvalue weighted by Crippen LogP contribution is 2.21. The van der Waals surface area contributed by atoms with Crippen molar-refractivity contribution in [3.05, 3.63) is 52.7 Å². The van der Waals surface area contributed by atoms with E-state index in [9.17, 15) is 0 Å². The maximum Gasteiger partial charge on any atom is 0.128 e. The first kappa shape index (κ1) is 14.7. The van der Waals surface area contributed by atoms with Gasteiger partial charge >= 0.3 is 0 Å². The number of hydrogen-bond acceptors (Lipinski definition) is 4. The molecule has 2 aromatic rings. The standard InChI is InChI=1S/C17H17ClN4/c18-15-4-5-16(14(9-15)10-19)20-11-13-3-6-17(21-12-13)22-7-1-2-8-22/h3-6,9,12,20H,1-2,7-8,11H2. The Bertz CT molecular complexity index is 685. The predicted octanol–water partition coefficient (Wildman–Crippen LogP) is 3.82. The number of benzene rings is 1. The van der Waals surface area contributed by atoms with E-state index in [1.165, 1.54) is 12.8 Å². The minimum atomic E-state index is 0.550. The van der Waals surface area contributed by atoms with Gasteiger partial charge in [0.25, 0.3) is 0 Å². The van der Waals surface area contributed by atoms with Crippen molar-refractivity contribution in [1.82, 2.24) is 4.98 Å². The minimum Gasteiger partial charge on any atom is -0.380 e. The Morgan fingerprint density at radius 3 is 2.73 bits per heavy atom. The smallest absolute Gasteiger partial charge is 0.128 e. The van der Waals surface area contributed by atoms with Gasteiger partial charge in [0, 0.05) is 30.9 Å². The molecule has 0 atom stereocenters. The molecular weight excluding hydrogens is 296 g/mol. The second-order valence-electron chi connectivity index (χ2n) is 5.37. The summed E-state index contributed by atoms with van der Waals surface area (Å²) in [6.07, 6.45) is 4.39. The van der Waals surface area contributed by atoms with Gasteiger partial charge in [-0.3, -0.25) is 0 Å². The average Bonchev–Trinajstić information content (AvgIpc) is 3.08. The van der Waals surface area contributed by atoms with Crippen LogP contribution >= 0.6 is 11.6 Å². The van der Waals surface area contributed by atoms with Crippen LogP contribution in [0.3, 0.4) is 0 Å². The van der Waals surface area contributed by atoms with Crippen LogP contribution in [0.25, 0.3) is 0 Å². The van der Waals surface area contributed by atoms with Crippen LogP contribution in [0, 0.1) is 11.3 Å². The van der Waals surface area contributed by atoms with Crippen molar-refractivity contribution in [3.63, 3.8) is 0 Å². The van der Waals surface area contributed by atoms with E-state index in [-0.39, 0.29) is 0 Å². The lowest BCUT2D eigenvalue weighted by Gasteiger charge is -2.16. The van der Waals surface area contributed by atoms with Crippen molar-refractivity contribution in [2.45, 2.75) is 19.4 Å². The Morgan fingerprint density at radius 2 is 2.05 bits per heavy atom. The number of nitrogens with one attached hydrogen (secondary N) is 1. The van der Waals surface area contributed by atoms with Gasteiger partial charge in [-0.05, 0) is 42.7 Å². The van der Waals surface area contributed by atoms with Gasteiger partial charge in [0.2, 0.25) is 0 Å². The fourth-order valence-corrected chi connectivity index (χ4v) is 2.79. The lowest BCUT2D eigenvalue weighted by atomic mass is 10.2. The normalized spacial score (nSPS) is 13.9. The van der Waals surface area contributed by atoms with Crippen LogP contribution in [0.4, 0.5) is 11.5 Å². The summed E-state index contributed by atoms with van der Waals surface area (Å²) in [4.78, 5) is 6.84. The van der Waals surface area contributed by atoms with Gasteiger partial charge in [0.05, 0.1) is 11.3 Å². The number of rotatable bonds is 4. The Hall–Kier alpha value is -2.25. The van der Waals surface area contributed by atoms with E-state index >= 15 is 0 Å². The SMILES string of the molecule is N#Cc1cc(Cl)ccc1NCc1ccc(N2CCCC2)nc1. The number of pyridine rings is 1. The van der Waals surface area contributed by atoms with E-state index in [1.54, 1.807) is 12.1 Å². The molecule has 0 radical (unpaired) electrons. The summed E-state index contributed by atoms with van der Waals surface area (Å²) in [6.45, 7) is 2.82. The zero-order valence-electron chi connectivity index (χ0n) is 12.2. The van der Waals surface area contributed by atoms with Crippen molar-refractivity contribution >= 4 is 23.1 Å². The van der Waals surface area contributed by atoms with Crippen LogP contribution in [0.1, 0.15) is 24.0 Å². The van der Waals surface area contributed by atoms with Gasteiger partial charge in [0.1, 0.15) is 11.9 Å². The number of anilines is 2. The second-order valence-corrected chi connectivity index (χ2v) is 5.81. The third kappa shape index (κ3) is 3.32. The molecule has 1 N–H and O–H groups in total. The fourth-order valence-electron chi connectivity index (χ4n) is 2.61. The third-order valence-electron chi connectivity index (χ3n) is 3.82. The topological polar surface area (TPSA) is 52.0 Å². The van der Waals surface area contributed by atoms with Gasteiger partial charge in [-0.25, -0.2) is 4.98 Å². The van der Waals surface area contributed by atoms with Gasteiger partial charge in [-0.2, -0.15) is 5.26 Å². The third-order valence-corrected chi connectivity index (χ3v) is 4.06. The van der Waals surface area contributed by atoms with E-state index in [4.69, 9.17) is 16.9 Å². The maximum absolute atomic E-state index is 9.13. The maximum atomic E-state index is 9.13. The quantitative estimate of drug-likeness (QED) is 0.932. The van der Waals surface area contributed by atoms with Crippen molar-refractivity contribution in [2.75, 3.05) is 23.3 Å². The highest BCUT2D eigenvalue weighted by atomic mass is 35.5. The monoisotopic (exact) mass is 312 g/mol. The Kier molecular flexibility index (Phi) is 4.45. The summed E-state index contributed by atoms with van der Waals surface area (Å²) in [6, 6.07) is 11.6. The van der Waals surface area contributed by atoms with E-state index in [0.717, 1.165) is 30.2 Å². The summed E-state index contributed by atoms with van der Waals surface area (Å²) in [5.41, 5.74) is 2.42. The van der Waals surface area contributed by atoms with Crippen molar-refractivity contribution in [1.29, 1.82) is 5.26 Å². The van der Waals surface area contributed by atoms with Gasteiger partial charge in [0.15, 0.2) is 0 Å². The molecule has 4 nitrogen and oxygen atoms in total. The lowest BCUT2D eigenvalue weighted by Crippen LogP contribution is -2.18. The number of nitrogens with zero attached hydrogens (tertiary/aromatic N) is 3. The molecule has 0 saturated carbocycles. The average molecular weight is 313 g/mol. The predicted molar refractivity (Wildman–Crippen MR) is 89.2 cm³/mol. The van der Waals surface area contributed by atoms with E-state index in [2.05, 4.69) is 33.4 Å². The number of hydrogen-bond donors (Lipinski definition) is 1. The molecule has 0 amide bonds. The van der Waals surface area contributed by atoms with E-state index in [0.29, 0.717) is 17.1 Å². The van der Waals surface area contributed by atoms with E-state index in [1.807, 2.05) is 12.3 Å². The first-order chi connectivity index (χ1) is 10.8. The molecular formula is C17H17ClN4. The molecule has 0 spiro atoms. The Morgan fingerprint density at radius 1 is 1.23 bits per heavy atom. The zero-order valence-corrected chi connectivity index (χ0v) is 13.0. The molecule has 0 unspecified atom stereocenters. The number of aromatic nitrogens is 1. The van der Waals surface area contributed by atoms with Crippen LogP contribution in [0.5, 0.6) is 0 Å². The molecule has 1 aromatic heterocycles. The van der Waals surface area contributed by atoms with Crippen molar-refractivity contribution in [2.24, 2.45) is 0 Å². The number of halogens is 1. The first-order valence-corrected chi connectivity index (χ1v) is 7.77. The minimum absolute atomic E-state index is 0.550. The summed E-state index contributed by atoms with van der Waals surface area (Å²) in [5.74, 6) is 1.05. The summed E-state index contributed by atoms with van der Waals surface area (Å²) in [5, 5.41) is 13.0. The van der Waals surface area contributed by atoms with Gasteiger partial charge in [-0.1, -0.05) is 17.7 Å². The number of nitriles is 1. The summed E-state index contributed by atoms with van der Waals surface area (Å²) in [7, 11) is 0. The molecule has 1 aliphatic rings. The molecule has 3 rings (SSSR count). The van der Waals surface area contributed by atoms with Crippen molar-refractivity contribution < 1.29 is 0 Å². The largest absolute Gasteiger partial charge is 0.380 e. The molecule has 1 fully saturated rings. The summed E-state index contributed by atoms with van der Waals surface area (Å²) >= 11 is 5.90.